The maximum atomic E-state index is 12.9. The van der Waals surface area contributed by atoms with Gasteiger partial charge in [0.25, 0.3) is 5.91 Å². The number of anilines is 1. The molecule has 0 saturated carbocycles. The SMILES string of the molecule is CCc1ccc(C(=O)Nc2c(-c3ccccc3C)nc3cc(C)ccn23)cc1. The van der Waals surface area contributed by atoms with Gasteiger partial charge in [0.05, 0.1) is 0 Å². The number of rotatable bonds is 4. The number of carbonyl (C=O) groups excluding carboxylic acids is 1. The lowest BCUT2D eigenvalue weighted by atomic mass is 10.1. The molecule has 0 unspecified atom stereocenters. The molecule has 0 saturated heterocycles. The molecule has 0 aliphatic rings. The first-order valence-corrected chi connectivity index (χ1v) is 9.52. The number of pyridine rings is 1. The van der Waals surface area contributed by atoms with Gasteiger partial charge in [-0.3, -0.25) is 9.20 Å². The summed E-state index contributed by atoms with van der Waals surface area (Å²) in [6, 6.07) is 19.9. The van der Waals surface area contributed by atoms with Crippen LogP contribution in [0.5, 0.6) is 0 Å². The van der Waals surface area contributed by atoms with Crippen molar-refractivity contribution in [3.05, 3.63) is 89.1 Å². The lowest BCUT2D eigenvalue weighted by Crippen LogP contribution is -2.14. The third kappa shape index (κ3) is 3.29. The van der Waals surface area contributed by atoms with E-state index in [0.717, 1.165) is 34.5 Å². The molecule has 0 bridgehead atoms. The van der Waals surface area contributed by atoms with Crippen molar-refractivity contribution >= 4 is 17.4 Å². The number of fused-ring (bicyclic) bond motifs is 1. The average Bonchev–Trinajstić information content (AvgIpc) is 3.05. The minimum absolute atomic E-state index is 0.139. The van der Waals surface area contributed by atoms with Crippen molar-refractivity contribution in [2.24, 2.45) is 0 Å². The van der Waals surface area contributed by atoms with Crippen LogP contribution in [0, 0.1) is 13.8 Å². The van der Waals surface area contributed by atoms with Gasteiger partial charge < -0.3 is 5.32 Å². The van der Waals surface area contributed by atoms with Crippen LogP contribution >= 0.6 is 0 Å². The van der Waals surface area contributed by atoms with Crippen LogP contribution in [0.25, 0.3) is 16.9 Å². The van der Waals surface area contributed by atoms with Crippen LogP contribution in [0.4, 0.5) is 5.82 Å². The van der Waals surface area contributed by atoms with E-state index in [1.54, 1.807) is 0 Å². The summed E-state index contributed by atoms with van der Waals surface area (Å²) in [7, 11) is 0. The van der Waals surface area contributed by atoms with Crippen molar-refractivity contribution in [1.82, 2.24) is 9.38 Å². The Morgan fingerprint density at radius 1 is 1.04 bits per heavy atom. The average molecular weight is 369 g/mol. The van der Waals surface area contributed by atoms with Gasteiger partial charge in [-0.25, -0.2) is 4.98 Å². The van der Waals surface area contributed by atoms with E-state index in [1.165, 1.54) is 5.56 Å². The van der Waals surface area contributed by atoms with E-state index in [2.05, 4.69) is 25.2 Å². The number of aryl methyl sites for hydroxylation is 3. The van der Waals surface area contributed by atoms with E-state index in [-0.39, 0.29) is 5.91 Å². The second-order valence-corrected chi connectivity index (χ2v) is 7.06. The Balaban J connectivity index is 1.81. The maximum absolute atomic E-state index is 12.9. The monoisotopic (exact) mass is 369 g/mol. The zero-order valence-electron chi connectivity index (χ0n) is 16.4. The Labute approximate surface area is 164 Å². The van der Waals surface area contributed by atoms with E-state index >= 15 is 0 Å². The van der Waals surface area contributed by atoms with E-state index in [9.17, 15) is 4.79 Å². The minimum Gasteiger partial charge on any atom is -0.306 e. The summed E-state index contributed by atoms with van der Waals surface area (Å²) in [5, 5.41) is 3.09. The van der Waals surface area contributed by atoms with Crippen molar-refractivity contribution in [2.45, 2.75) is 27.2 Å². The van der Waals surface area contributed by atoms with Crippen molar-refractivity contribution < 1.29 is 4.79 Å². The molecule has 4 heteroatoms. The van der Waals surface area contributed by atoms with E-state index in [1.807, 2.05) is 72.1 Å². The number of imidazole rings is 1. The molecule has 4 nitrogen and oxygen atoms in total. The van der Waals surface area contributed by atoms with Gasteiger partial charge in [0.1, 0.15) is 17.2 Å². The molecule has 2 aromatic heterocycles. The fourth-order valence-corrected chi connectivity index (χ4v) is 3.36. The number of hydrogen-bond donors (Lipinski definition) is 1. The maximum Gasteiger partial charge on any atom is 0.256 e. The largest absolute Gasteiger partial charge is 0.306 e. The predicted molar refractivity (Wildman–Crippen MR) is 114 cm³/mol. The molecule has 0 aliphatic heterocycles. The van der Waals surface area contributed by atoms with Gasteiger partial charge in [0, 0.05) is 17.3 Å². The van der Waals surface area contributed by atoms with Crippen LogP contribution in [0.15, 0.2) is 66.9 Å². The fourth-order valence-electron chi connectivity index (χ4n) is 3.36. The molecule has 0 radical (unpaired) electrons. The number of hydrogen-bond acceptors (Lipinski definition) is 2. The molecule has 0 spiro atoms. The van der Waals surface area contributed by atoms with Gasteiger partial charge in [-0.2, -0.15) is 0 Å². The second kappa shape index (κ2) is 7.31. The topological polar surface area (TPSA) is 46.4 Å². The number of amides is 1. The summed E-state index contributed by atoms with van der Waals surface area (Å²) in [5.41, 5.74) is 6.70. The second-order valence-electron chi connectivity index (χ2n) is 7.06. The van der Waals surface area contributed by atoms with Gasteiger partial charge in [-0.05, 0) is 61.2 Å². The summed E-state index contributed by atoms with van der Waals surface area (Å²) in [6.45, 7) is 6.19. The van der Waals surface area contributed by atoms with Crippen LogP contribution in [0.3, 0.4) is 0 Å². The first kappa shape index (κ1) is 18.0. The zero-order chi connectivity index (χ0) is 19.7. The number of nitrogens with zero attached hydrogens (tertiary/aromatic N) is 2. The minimum atomic E-state index is -0.139. The molecular weight excluding hydrogens is 346 g/mol. The molecule has 4 aromatic rings. The molecule has 4 rings (SSSR count). The van der Waals surface area contributed by atoms with Crippen molar-refractivity contribution in [2.75, 3.05) is 5.32 Å². The third-order valence-electron chi connectivity index (χ3n) is 5.04. The van der Waals surface area contributed by atoms with Gasteiger partial charge >= 0.3 is 0 Å². The number of aromatic nitrogens is 2. The summed E-state index contributed by atoms with van der Waals surface area (Å²) in [4.78, 5) is 17.8. The Morgan fingerprint density at radius 3 is 2.50 bits per heavy atom. The number of benzene rings is 2. The highest BCUT2D eigenvalue weighted by Gasteiger charge is 2.18. The van der Waals surface area contributed by atoms with Crippen LogP contribution in [0.1, 0.15) is 34.0 Å². The lowest BCUT2D eigenvalue weighted by Gasteiger charge is -2.10. The molecular formula is C24H23N3O. The van der Waals surface area contributed by atoms with Crippen LogP contribution in [-0.2, 0) is 6.42 Å². The Kier molecular flexibility index (Phi) is 4.70. The molecule has 2 heterocycles. The van der Waals surface area contributed by atoms with Crippen molar-refractivity contribution in [1.29, 1.82) is 0 Å². The molecule has 1 N–H and O–H groups in total. The standard InChI is InChI=1S/C24H23N3O/c1-4-18-9-11-19(12-10-18)24(28)26-23-22(20-8-6-5-7-17(20)3)25-21-15-16(2)13-14-27(21)23/h5-15H,4H2,1-3H3,(H,26,28). The van der Waals surface area contributed by atoms with Crippen LogP contribution in [0.2, 0.25) is 0 Å². The molecule has 1 amide bonds. The Morgan fingerprint density at radius 2 is 1.79 bits per heavy atom. The smallest absolute Gasteiger partial charge is 0.256 e. The predicted octanol–water partition coefficient (Wildman–Crippen LogP) is 5.43. The Bertz CT molecular complexity index is 1160. The molecule has 0 fully saturated rings. The highest BCUT2D eigenvalue weighted by atomic mass is 16.1. The quantitative estimate of drug-likeness (QED) is 0.521. The number of nitrogens with one attached hydrogen (secondary N) is 1. The summed E-state index contributed by atoms with van der Waals surface area (Å²) >= 11 is 0. The van der Waals surface area contributed by atoms with Crippen LogP contribution in [-0.4, -0.2) is 15.3 Å². The van der Waals surface area contributed by atoms with Crippen molar-refractivity contribution in [3.8, 4) is 11.3 Å². The summed E-state index contributed by atoms with van der Waals surface area (Å²) in [6.07, 6.45) is 2.90. The third-order valence-corrected chi connectivity index (χ3v) is 5.04. The first-order chi connectivity index (χ1) is 13.6. The fraction of sp³-hybridized carbons (Fsp3) is 0.167. The molecule has 28 heavy (non-hydrogen) atoms. The summed E-state index contributed by atoms with van der Waals surface area (Å²) < 4.78 is 1.94. The first-order valence-electron chi connectivity index (χ1n) is 9.52. The number of carbonyl (C=O) groups is 1. The molecule has 2 aromatic carbocycles. The zero-order valence-corrected chi connectivity index (χ0v) is 16.4. The molecule has 0 atom stereocenters. The van der Waals surface area contributed by atoms with Gasteiger partial charge in [0.2, 0.25) is 0 Å². The highest BCUT2D eigenvalue weighted by molar-refractivity contribution is 6.06. The van der Waals surface area contributed by atoms with E-state index < -0.39 is 0 Å². The van der Waals surface area contributed by atoms with Crippen LogP contribution < -0.4 is 5.32 Å². The van der Waals surface area contributed by atoms with E-state index in [4.69, 9.17) is 4.98 Å². The molecule has 140 valence electrons. The van der Waals surface area contributed by atoms with E-state index in [0.29, 0.717) is 11.4 Å². The van der Waals surface area contributed by atoms with Gasteiger partial charge in [-0.1, -0.05) is 43.3 Å². The normalized spacial score (nSPS) is 11.0. The van der Waals surface area contributed by atoms with Crippen molar-refractivity contribution in [3.63, 3.8) is 0 Å². The van der Waals surface area contributed by atoms with Gasteiger partial charge in [-0.15, -0.1) is 0 Å². The Hall–Kier alpha value is -3.40. The highest BCUT2D eigenvalue weighted by Crippen LogP contribution is 2.31. The molecule has 0 aliphatic carbocycles. The summed E-state index contributed by atoms with van der Waals surface area (Å²) in [5.74, 6) is 0.550. The lowest BCUT2D eigenvalue weighted by molar-refractivity contribution is 0.102. The van der Waals surface area contributed by atoms with Gasteiger partial charge in [0.15, 0.2) is 0 Å².